The molecule has 0 bridgehead atoms. The third-order valence-electron chi connectivity index (χ3n) is 1.65. The highest BCUT2D eigenvalue weighted by molar-refractivity contribution is 7.59. The van der Waals surface area contributed by atoms with Crippen LogP contribution in [0.1, 0.15) is 20.8 Å². The molecule has 0 aliphatic carbocycles. The molecule has 9 heavy (non-hydrogen) atoms. The van der Waals surface area contributed by atoms with Crippen LogP contribution in [0.3, 0.4) is 0 Å². The Morgan fingerprint density at radius 3 is 1.89 bits per heavy atom. The smallest absolute Gasteiger partial charge is 0.127 e. The molecule has 2 atom stereocenters. The van der Waals surface area contributed by atoms with Crippen molar-refractivity contribution in [2.24, 2.45) is 0 Å². The van der Waals surface area contributed by atoms with Crippen molar-refractivity contribution in [2.45, 2.75) is 32.1 Å². The molecule has 0 saturated heterocycles. The summed E-state index contributed by atoms with van der Waals surface area (Å²) in [5.74, 6) is 0. The summed E-state index contributed by atoms with van der Waals surface area (Å²) in [5, 5.41) is 0. The maximum atomic E-state index is 10.3. The van der Waals surface area contributed by atoms with E-state index in [1.807, 2.05) is 6.92 Å². The third-order valence-corrected chi connectivity index (χ3v) is 4.69. The lowest BCUT2D eigenvalue weighted by molar-refractivity contribution is -0.107. The Kier molecular flexibility index (Phi) is 4.05. The number of rotatable bonds is 3. The summed E-state index contributed by atoms with van der Waals surface area (Å²) in [4.78, 5) is 10.3. The minimum absolute atomic E-state index is 0.0689. The second-order valence-corrected chi connectivity index (χ2v) is 5.81. The van der Waals surface area contributed by atoms with Gasteiger partial charge in [-0.1, -0.05) is 28.7 Å². The molecule has 54 valence electrons. The fraction of sp³-hybridized carbons (Fsp3) is 0.857. The van der Waals surface area contributed by atoms with Crippen LogP contribution in [0.5, 0.6) is 0 Å². The Morgan fingerprint density at radius 1 is 1.33 bits per heavy atom. The van der Waals surface area contributed by atoms with E-state index < -0.39 is 0 Å². The Hall–Kier alpha value is 0.100. The minimum Gasteiger partial charge on any atom is -0.303 e. The molecule has 0 saturated carbocycles. The van der Waals surface area contributed by atoms with Gasteiger partial charge in [0.15, 0.2) is 0 Å². The number of hydrogen-bond donors (Lipinski definition) is 0. The average Bonchev–Trinajstić information content (AvgIpc) is 1.84. The van der Waals surface area contributed by atoms with E-state index in [-0.39, 0.29) is 13.6 Å². The Bertz CT molecular complexity index is 90.9. The average molecular weight is 146 g/mol. The van der Waals surface area contributed by atoms with Gasteiger partial charge in [-0.05, 0) is 12.3 Å². The molecule has 0 aromatic rings. The highest BCUT2D eigenvalue weighted by Crippen LogP contribution is 2.40. The van der Waals surface area contributed by atoms with Gasteiger partial charge in [0.1, 0.15) is 6.29 Å². The molecule has 0 aromatic heterocycles. The third kappa shape index (κ3) is 2.95. The summed E-state index contributed by atoms with van der Waals surface area (Å²) in [6.07, 6.45) is 1.06. The van der Waals surface area contributed by atoms with Crippen molar-refractivity contribution in [1.29, 1.82) is 0 Å². The monoisotopic (exact) mass is 146 g/mol. The summed E-state index contributed by atoms with van der Waals surface area (Å²) >= 11 is 0. The van der Waals surface area contributed by atoms with Gasteiger partial charge in [0, 0.05) is 5.66 Å². The van der Waals surface area contributed by atoms with Crippen LogP contribution in [-0.4, -0.2) is 24.3 Å². The normalized spacial score (nSPS) is 17.4. The van der Waals surface area contributed by atoms with Crippen LogP contribution in [0.2, 0.25) is 0 Å². The van der Waals surface area contributed by atoms with E-state index in [9.17, 15) is 4.79 Å². The van der Waals surface area contributed by atoms with Gasteiger partial charge >= 0.3 is 0 Å². The number of hydrogen-bond acceptors (Lipinski definition) is 1. The quantitative estimate of drug-likeness (QED) is 0.440. The maximum absolute atomic E-state index is 10.3. The minimum atomic E-state index is -0.0689. The molecule has 0 aromatic carbocycles. The summed E-state index contributed by atoms with van der Waals surface area (Å²) in [7, 11) is -0.0689. The van der Waals surface area contributed by atoms with Crippen LogP contribution >= 0.6 is 7.92 Å². The van der Waals surface area contributed by atoms with Gasteiger partial charge in [-0.2, -0.15) is 0 Å². The van der Waals surface area contributed by atoms with Crippen molar-refractivity contribution in [3.63, 3.8) is 0 Å². The maximum Gasteiger partial charge on any atom is 0.127 e. The SMILES string of the molecule is CC(C)P(C)C(C)C=O. The second-order valence-electron chi connectivity index (χ2n) is 2.64. The summed E-state index contributed by atoms with van der Waals surface area (Å²) in [5.41, 5.74) is 0.959. The molecular formula is C7H15OP. The molecule has 0 spiro atoms. The fourth-order valence-corrected chi connectivity index (χ4v) is 1.70. The van der Waals surface area contributed by atoms with E-state index >= 15 is 0 Å². The van der Waals surface area contributed by atoms with Gasteiger partial charge in [0.25, 0.3) is 0 Å². The van der Waals surface area contributed by atoms with Gasteiger partial charge in [-0.15, -0.1) is 0 Å². The molecule has 0 amide bonds. The van der Waals surface area contributed by atoms with E-state index in [1.54, 1.807) is 0 Å². The molecule has 0 fully saturated rings. The highest BCUT2D eigenvalue weighted by atomic mass is 31.1. The Labute approximate surface area is 58.6 Å². The number of aldehydes is 1. The molecule has 2 unspecified atom stereocenters. The van der Waals surface area contributed by atoms with E-state index in [0.717, 1.165) is 6.29 Å². The van der Waals surface area contributed by atoms with Gasteiger partial charge in [0.05, 0.1) is 0 Å². The Balaban J connectivity index is 3.71. The first-order valence-corrected chi connectivity index (χ1v) is 5.19. The predicted molar refractivity (Wildman–Crippen MR) is 43.5 cm³/mol. The standard InChI is InChI=1S/C7H15OP/c1-6(2)9(4)7(3)5-8/h5-7H,1-4H3. The lowest BCUT2D eigenvalue weighted by Crippen LogP contribution is -2.06. The zero-order chi connectivity index (χ0) is 7.44. The summed E-state index contributed by atoms with van der Waals surface area (Å²) < 4.78 is 0. The van der Waals surface area contributed by atoms with Crippen molar-refractivity contribution < 1.29 is 4.79 Å². The molecule has 0 N–H and O–H groups in total. The first-order valence-electron chi connectivity index (χ1n) is 3.26. The van der Waals surface area contributed by atoms with Gasteiger partial charge in [-0.3, -0.25) is 0 Å². The molecule has 0 heterocycles. The van der Waals surface area contributed by atoms with Crippen molar-refractivity contribution >= 4 is 14.2 Å². The van der Waals surface area contributed by atoms with E-state index in [2.05, 4.69) is 20.5 Å². The van der Waals surface area contributed by atoms with Crippen molar-refractivity contribution in [3.8, 4) is 0 Å². The van der Waals surface area contributed by atoms with Gasteiger partial charge < -0.3 is 4.79 Å². The molecule has 0 radical (unpaired) electrons. The summed E-state index contributed by atoms with van der Waals surface area (Å²) in [6, 6.07) is 0. The van der Waals surface area contributed by atoms with Crippen LogP contribution in [0, 0.1) is 0 Å². The topological polar surface area (TPSA) is 17.1 Å². The molecule has 0 rings (SSSR count). The highest BCUT2D eigenvalue weighted by Gasteiger charge is 2.12. The van der Waals surface area contributed by atoms with Crippen LogP contribution < -0.4 is 0 Å². The van der Waals surface area contributed by atoms with E-state index in [1.165, 1.54) is 0 Å². The zero-order valence-corrected chi connectivity index (χ0v) is 7.48. The number of carbonyl (C=O) groups excluding carboxylic acids is 1. The first-order chi connectivity index (χ1) is 4.09. The van der Waals surface area contributed by atoms with Crippen LogP contribution in [0.15, 0.2) is 0 Å². The lowest BCUT2D eigenvalue weighted by atomic mass is 10.5. The molecule has 1 nitrogen and oxygen atoms in total. The number of carbonyl (C=O) groups is 1. The van der Waals surface area contributed by atoms with Gasteiger partial charge in [0.2, 0.25) is 0 Å². The van der Waals surface area contributed by atoms with Crippen molar-refractivity contribution in [2.75, 3.05) is 6.66 Å². The van der Waals surface area contributed by atoms with Gasteiger partial charge in [-0.25, -0.2) is 0 Å². The first kappa shape index (κ1) is 9.10. The van der Waals surface area contributed by atoms with Crippen LogP contribution in [0.25, 0.3) is 0 Å². The molecule has 0 aliphatic rings. The molecular weight excluding hydrogens is 131 g/mol. The lowest BCUT2D eigenvalue weighted by Gasteiger charge is -2.18. The van der Waals surface area contributed by atoms with Crippen LogP contribution in [0.4, 0.5) is 0 Å². The van der Waals surface area contributed by atoms with E-state index in [0.29, 0.717) is 5.66 Å². The fourth-order valence-electron chi connectivity index (χ4n) is 0.566. The zero-order valence-electron chi connectivity index (χ0n) is 6.59. The van der Waals surface area contributed by atoms with Crippen molar-refractivity contribution in [3.05, 3.63) is 0 Å². The van der Waals surface area contributed by atoms with E-state index in [4.69, 9.17) is 0 Å². The Morgan fingerprint density at radius 2 is 1.78 bits per heavy atom. The largest absolute Gasteiger partial charge is 0.303 e. The molecule has 0 aliphatic heterocycles. The molecule has 2 heteroatoms. The summed E-state index contributed by atoms with van der Waals surface area (Å²) in [6.45, 7) is 8.52. The van der Waals surface area contributed by atoms with Crippen LogP contribution in [-0.2, 0) is 4.79 Å². The van der Waals surface area contributed by atoms with Crippen molar-refractivity contribution in [1.82, 2.24) is 0 Å². The predicted octanol–water partition coefficient (Wildman–Crippen LogP) is 2.09. The second kappa shape index (κ2) is 4.00.